The van der Waals surface area contributed by atoms with Crippen molar-refractivity contribution in [3.8, 4) is 0 Å². The van der Waals surface area contributed by atoms with Gasteiger partial charge in [0.25, 0.3) is 0 Å². The van der Waals surface area contributed by atoms with Crippen LogP contribution >= 0.6 is 11.6 Å². The summed E-state index contributed by atoms with van der Waals surface area (Å²) in [6, 6.07) is 7.66. The minimum atomic E-state index is -0.622. The van der Waals surface area contributed by atoms with Crippen molar-refractivity contribution in [3.63, 3.8) is 0 Å². The van der Waals surface area contributed by atoms with E-state index in [2.05, 4.69) is 10.2 Å². The lowest BCUT2D eigenvalue weighted by atomic mass is 9.73. The Balaban J connectivity index is 1.27. The molecule has 0 aromatic heterocycles. The molecule has 3 fully saturated rings. The molecule has 1 N–H and O–H groups in total. The van der Waals surface area contributed by atoms with Gasteiger partial charge in [-0.05, 0) is 37.3 Å². The Morgan fingerprint density at radius 1 is 1.06 bits per heavy atom. The lowest BCUT2D eigenvalue weighted by Crippen LogP contribution is -2.53. The summed E-state index contributed by atoms with van der Waals surface area (Å²) in [6.45, 7) is 5.87. The first-order valence-corrected chi connectivity index (χ1v) is 12.1. The molecule has 170 valence electrons. The van der Waals surface area contributed by atoms with Gasteiger partial charge in [-0.15, -0.1) is 0 Å². The van der Waals surface area contributed by atoms with E-state index in [1.807, 2.05) is 29.2 Å². The number of hydrogen-bond donors (Lipinski definition) is 1. The van der Waals surface area contributed by atoms with E-state index in [1.54, 1.807) is 0 Å². The quantitative estimate of drug-likeness (QED) is 0.728. The van der Waals surface area contributed by atoms with Crippen LogP contribution in [0.5, 0.6) is 0 Å². The van der Waals surface area contributed by atoms with Gasteiger partial charge in [-0.3, -0.25) is 14.5 Å². The molecule has 1 aliphatic carbocycles. The Morgan fingerprint density at radius 2 is 1.74 bits per heavy atom. The normalized spacial score (nSPS) is 22.4. The average Bonchev–Trinajstić information content (AvgIpc) is 3.35. The smallest absolute Gasteiger partial charge is 0.230 e. The van der Waals surface area contributed by atoms with Gasteiger partial charge in [-0.1, -0.05) is 42.6 Å². The average molecular weight is 448 g/mol. The molecule has 1 aromatic carbocycles. The van der Waals surface area contributed by atoms with E-state index in [9.17, 15) is 9.59 Å². The predicted molar refractivity (Wildman–Crippen MR) is 121 cm³/mol. The summed E-state index contributed by atoms with van der Waals surface area (Å²) in [6.07, 6.45) is 5.79. The number of nitrogens with zero attached hydrogens (tertiary/aromatic N) is 2. The maximum atomic E-state index is 13.3. The predicted octanol–water partition coefficient (Wildman–Crippen LogP) is 2.84. The highest BCUT2D eigenvalue weighted by atomic mass is 35.5. The second-order valence-electron chi connectivity index (χ2n) is 9.08. The van der Waals surface area contributed by atoms with Crippen molar-refractivity contribution in [1.82, 2.24) is 15.1 Å². The number of halogens is 1. The molecule has 1 aromatic rings. The first kappa shape index (κ1) is 22.6. The summed E-state index contributed by atoms with van der Waals surface area (Å²) in [7, 11) is 0. The lowest BCUT2D eigenvalue weighted by Gasteiger charge is -2.38. The van der Waals surface area contributed by atoms with Gasteiger partial charge in [0.1, 0.15) is 0 Å². The Hall–Kier alpha value is -1.63. The fraction of sp³-hybridized carbons (Fsp3) is 0.667. The monoisotopic (exact) mass is 447 g/mol. The SMILES string of the molecule is O=C(C1CCCC1)N1CCN(CCNC(=O)C2(c3ccccc3Cl)CCOCC2)CC1. The molecule has 2 saturated heterocycles. The van der Waals surface area contributed by atoms with Gasteiger partial charge in [-0.2, -0.15) is 0 Å². The molecule has 2 amide bonds. The van der Waals surface area contributed by atoms with Crippen LogP contribution in [-0.4, -0.2) is 74.1 Å². The number of hydrogen-bond acceptors (Lipinski definition) is 4. The molecule has 7 heteroatoms. The second kappa shape index (κ2) is 10.3. The van der Waals surface area contributed by atoms with Crippen LogP contribution in [0.2, 0.25) is 5.02 Å². The topological polar surface area (TPSA) is 61.9 Å². The van der Waals surface area contributed by atoms with Crippen LogP contribution in [0.4, 0.5) is 0 Å². The van der Waals surface area contributed by atoms with E-state index in [0.717, 1.165) is 51.1 Å². The van der Waals surface area contributed by atoms with E-state index < -0.39 is 5.41 Å². The lowest BCUT2D eigenvalue weighted by molar-refractivity contribution is -0.137. The molecular formula is C24H34ClN3O3. The number of carbonyl (C=O) groups is 2. The van der Waals surface area contributed by atoms with E-state index in [0.29, 0.717) is 43.5 Å². The summed E-state index contributed by atoms with van der Waals surface area (Å²) in [4.78, 5) is 30.3. The summed E-state index contributed by atoms with van der Waals surface area (Å²) in [5.41, 5.74) is 0.278. The minimum absolute atomic E-state index is 0.0407. The molecule has 2 aliphatic heterocycles. The Morgan fingerprint density at radius 3 is 2.42 bits per heavy atom. The first-order chi connectivity index (χ1) is 15.1. The van der Waals surface area contributed by atoms with Crippen molar-refractivity contribution in [2.75, 3.05) is 52.5 Å². The van der Waals surface area contributed by atoms with Gasteiger partial charge in [0.15, 0.2) is 0 Å². The molecule has 0 spiro atoms. The zero-order valence-electron chi connectivity index (χ0n) is 18.3. The molecule has 6 nitrogen and oxygen atoms in total. The van der Waals surface area contributed by atoms with Crippen molar-refractivity contribution in [1.29, 1.82) is 0 Å². The zero-order chi connectivity index (χ0) is 21.7. The van der Waals surface area contributed by atoms with Gasteiger partial charge in [-0.25, -0.2) is 0 Å². The third kappa shape index (κ3) is 5.07. The first-order valence-electron chi connectivity index (χ1n) is 11.7. The Labute approximate surface area is 190 Å². The standard InChI is InChI=1S/C24H34ClN3O3/c25-21-8-4-3-7-20(21)24(9-17-31-18-10-24)23(30)26-11-12-27-13-15-28(16-14-27)22(29)19-5-1-2-6-19/h3-4,7-8,19H,1-2,5-6,9-18H2,(H,26,30). The molecule has 0 atom stereocenters. The number of rotatable bonds is 6. The number of carbonyl (C=O) groups excluding carboxylic acids is 2. The van der Waals surface area contributed by atoms with E-state index in [4.69, 9.17) is 16.3 Å². The van der Waals surface area contributed by atoms with Crippen molar-refractivity contribution in [2.24, 2.45) is 5.92 Å². The third-order valence-electron chi connectivity index (χ3n) is 7.27. The third-order valence-corrected chi connectivity index (χ3v) is 7.60. The van der Waals surface area contributed by atoms with Crippen LogP contribution in [0.15, 0.2) is 24.3 Å². The van der Waals surface area contributed by atoms with Crippen LogP contribution in [-0.2, 0) is 19.7 Å². The summed E-state index contributed by atoms with van der Waals surface area (Å²) in [5, 5.41) is 3.81. The van der Waals surface area contributed by atoms with Gasteiger partial charge in [0.2, 0.25) is 11.8 Å². The van der Waals surface area contributed by atoms with Gasteiger partial charge < -0.3 is 15.0 Å². The molecule has 0 unspecified atom stereocenters. The Bertz CT molecular complexity index is 767. The van der Waals surface area contributed by atoms with Crippen molar-refractivity contribution in [3.05, 3.63) is 34.9 Å². The molecule has 3 aliphatic rings. The molecule has 2 heterocycles. The van der Waals surface area contributed by atoms with Crippen molar-refractivity contribution in [2.45, 2.75) is 43.9 Å². The number of benzene rings is 1. The van der Waals surface area contributed by atoms with Crippen LogP contribution in [0.25, 0.3) is 0 Å². The van der Waals surface area contributed by atoms with Gasteiger partial charge >= 0.3 is 0 Å². The van der Waals surface area contributed by atoms with Crippen LogP contribution < -0.4 is 5.32 Å². The number of ether oxygens (including phenoxy) is 1. The molecule has 31 heavy (non-hydrogen) atoms. The van der Waals surface area contributed by atoms with Gasteiger partial charge in [0, 0.05) is 63.4 Å². The Kier molecular flexibility index (Phi) is 7.51. The highest BCUT2D eigenvalue weighted by Crippen LogP contribution is 2.38. The van der Waals surface area contributed by atoms with Crippen molar-refractivity contribution >= 4 is 23.4 Å². The zero-order valence-corrected chi connectivity index (χ0v) is 19.0. The fourth-order valence-corrected chi connectivity index (χ4v) is 5.62. The maximum absolute atomic E-state index is 13.3. The van der Waals surface area contributed by atoms with Crippen LogP contribution in [0, 0.1) is 5.92 Å². The largest absolute Gasteiger partial charge is 0.381 e. The van der Waals surface area contributed by atoms with Crippen LogP contribution in [0.3, 0.4) is 0 Å². The minimum Gasteiger partial charge on any atom is -0.381 e. The van der Waals surface area contributed by atoms with Crippen LogP contribution in [0.1, 0.15) is 44.1 Å². The molecule has 1 saturated carbocycles. The summed E-state index contributed by atoms with van der Waals surface area (Å²) < 4.78 is 5.54. The summed E-state index contributed by atoms with van der Waals surface area (Å²) >= 11 is 6.47. The van der Waals surface area contributed by atoms with E-state index in [1.165, 1.54) is 12.8 Å². The second-order valence-corrected chi connectivity index (χ2v) is 9.49. The molecule has 0 bridgehead atoms. The summed E-state index contributed by atoms with van der Waals surface area (Å²) in [5.74, 6) is 0.650. The van der Waals surface area contributed by atoms with Crippen molar-refractivity contribution < 1.29 is 14.3 Å². The molecule has 0 radical (unpaired) electrons. The number of piperazine rings is 1. The maximum Gasteiger partial charge on any atom is 0.230 e. The molecule has 4 rings (SSSR count). The van der Waals surface area contributed by atoms with Gasteiger partial charge in [0.05, 0.1) is 5.41 Å². The number of amides is 2. The highest BCUT2D eigenvalue weighted by molar-refractivity contribution is 6.31. The van der Waals surface area contributed by atoms with E-state index in [-0.39, 0.29) is 11.8 Å². The fourth-order valence-electron chi connectivity index (χ4n) is 5.31. The highest BCUT2D eigenvalue weighted by Gasteiger charge is 2.42. The van der Waals surface area contributed by atoms with E-state index >= 15 is 0 Å². The molecular weight excluding hydrogens is 414 g/mol. The number of nitrogens with one attached hydrogen (secondary N) is 1.